The van der Waals surface area contributed by atoms with Crippen LogP contribution in [0.3, 0.4) is 0 Å². The lowest BCUT2D eigenvalue weighted by Crippen LogP contribution is -2.26. The van der Waals surface area contributed by atoms with Crippen molar-refractivity contribution in [3.05, 3.63) is 87.3 Å². The number of nitrogens with one attached hydrogen (secondary N) is 1. The van der Waals surface area contributed by atoms with Crippen molar-refractivity contribution in [3.63, 3.8) is 0 Å². The van der Waals surface area contributed by atoms with E-state index in [0.29, 0.717) is 12.0 Å². The molecule has 4 aromatic rings. The Kier molecular flexibility index (Phi) is 5.46. The molecule has 6 nitrogen and oxygen atoms in total. The first-order chi connectivity index (χ1) is 14.9. The highest BCUT2D eigenvalue weighted by molar-refractivity contribution is 5.91. The molecule has 0 radical (unpaired) electrons. The van der Waals surface area contributed by atoms with Gasteiger partial charge >= 0.3 is 0 Å². The van der Waals surface area contributed by atoms with Crippen LogP contribution in [-0.2, 0) is 18.3 Å². The van der Waals surface area contributed by atoms with E-state index in [2.05, 4.69) is 10.4 Å². The van der Waals surface area contributed by atoms with Crippen molar-refractivity contribution in [1.29, 1.82) is 0 Å². The van der Waals surface area contributed by atoms with E-state index in [-0.39, 0.29) is 17.9 Å². The summed E-state index contributed by atoms with van der Waals surface area (Å²) in [5.41, 5.74) is 6.68. The molecule has 0 saturated carbocycles. The van der Waals surface area contributed by atoms with E-state index in [9.17, 15) is 9.59 Å². The zero-order valence-corrected chi connectivity index (χ0v) is 18.3. The molecule has 0 aliphatic carbocycles. The van der Waals surface area contributed by atoms with E-state index < -0.39 is 0 Å². The van der Waals surface area contributed by atoms with Crippen LogP contribution >= 0.6 is 0 Å². The molecule has 0 aliphatic rings. The van der Waals surface area contributed by atoms with Crippen LogP contribution in [0, 0.1) is 20.8 Å². The molecule has 0 aliphatic heterocycles. The van der Waals surface area contributed by atoms with Gasteiger partial charge in [0.25, 0.3) is 5.56 Å². The second-order valence-electron chi connectivity index (χ2n) is 7.91. The number of rotatable bonds is 5. The number of nitrogens with zero attached hydrogens (tertiary/aromatic N) is 3. The van der Waals surface area contributed by atoms with Crippen molar-refractivity contribution < 1.29 is 4.79 Å². The number of amides is 1. The quantitative estimate of drug-likeness (QED) is 0.532. The fraction of sp³-hybridized carbons (Fsp3) is 0.240. The predicted molar refractivity (Wildman–Crippen MR) is 123 cm³/mol. The van der Waals surface area contributed by atoms with Gasteiger partial charge in [0.2, 0.25) is 5.91 Å². The molecule has 1 amide bonds. The third-order valence-electron chi connectivity index (χ3n) is 5.87. The molecule has 4 rings (SSSR count). The molecule has 6 heteroatoms. The zero-order chi connectivity index (χ0) is 22.1. The predicted octanol–water partition coefficient (Wildman–Crippen LogP) is 4.20. The highest BCUT2D eigenvalue weighted by Gasteiger charge is 2.17. The summed E-state index contributed by atoms with van der Waals surface area (Å²) in [6, 6.07) is 17.6. The highest BCUT2D eigenvalue weighted by atomic mass is 16.1. The number of benzene rings is 2. The topological polar surface area (TPSA) is 68.4 Å². The van der Waals surface area contributed by atoms with E-state index >= 15 is 0 Å². The number of carbonyl (C=O) groups excluding carboxylic acids is 1. The van der Waals surface area contributed by atoms with Gasteiger partial charge in [0.05, 0.1) is 5.69 Å². The fourth-order valence-corrected chi connectivity index (χ4v) is 3.86. The van der Waals surface area contributed by atoms with E-state index in [1.807, 2.05) is 87.0 Å². The second-order valence-corrected chi connectivity index (χ2v) is 7.91. The molecule has 2 heterocycles. The summed E-state index contributed by atoms with van der Waals surface area (Å²) in [7, 11) is 1.92. The standard InChI is InChI=1S/C25H26N4O2/c1-16-9-5-7-11-19(16)22-15-24-28(4)18(3)20(25(31)29(24)27-22)13-14-23(30)26-21-12-8-6-10-17(21)2/h5-12,15H,13-14H2,1-4H3,(H,26,30). The number of hydrogen-bond acceptors (Lipinski definition) is 3. The number of hydrogen-bond donors (Lipinski definition) is 1. The Balaban J connectivity index is 1.64. The Morgan fingerprint density at radius 2 is 1.68 bits per heavy atom. The van der Waals surface area contributed by atoms with E-state index in [1.54, 1.807) is 0 Å². The van der Waals surface area contributed by atoms with E-state index in [1.165, 1.54) is 4.52 Å². The number of para-hydroxylation sites is 1. The summed E-state index contributed by atoms with van der Waals surface area (Å²) in [4.78, 5) is 25.7. The Morgan fingerprint density at radius 1 is 1.00 bits per heavy atom. The van der Waals surface area contributed by atoms with Gasteiger partial charge in [-0.05, 0) is 44.4 Å². The zero-order valence-electron chi connectivity index (χ0n) is 18.3. The minimum atomic E-state index is -0.172. The first-order valence-electron chi connectivity index (χ1n) is 10.4. The Bertz CT molecular complexity index is 1350. The third-order valence-corrected chi connectivity index (χ3v) is 5.87. The summed E-state index contributed by atoms with van der Waals surface area (Å²) in [6.07, 6.45) is 0.577. The van der Waals surface area contributed by atoms with Crippen LogP contribution < -0.4 is 10.9 Å². The molecule has 1 N–H and O–H groups in total. The molecule has 0 spiro atoms. The van der Waals surface area contributed by atoms with Crippen LogP contribution in [0.25, 0.3) is 16.9 Å². The smallest absolute Gasteiger partial charge is 0.277 e. The van der Waals surface area contributed by atoms with Crippen molar-refractivity contribution in [2.75, 3.05) is 5.32 Å². The average molecular weight is 415 g/mol. The van der Waals surface area contributed by atoms with Crippen molar-refractivity contribution in [2.45, 2.75) is 33.6 Å². The van der Waals surface area contributed by atoms with Gasteiger partial charge in [-0.2, -0.15) is 9.61 Å². The molecule has 0 fully saturated rings. The van der Waals surface area contributed by atoms with Gasteiger partial charge in [0.15, 0.2) is 0 Å². The van der Waals surface area contributed by atoms with Crippen molar-refractivity contribution in [1.82, 2.24) is 14.2 Å². The minimum Gasteiger partial charge on any atom is -0.333 e. The molecular formula is C25H26N4O2. The van der Waals surface area contributed by atoms with Crippen LogP contribution in [0.2, 0.25) is 0 Å². The van der Waals surface area contributed by atoms with Gasteiger partial charge in [-0.15, -0.1) is 0 Å². The van der Waals surface area contributed by atoms with Gasteiger partial charge in [0, 0.05) is 42.0 Å². The molecule has 31 heavy (non-hydrogen) atoms. The molecular weight excluding hydrogens is 388 g/mol. The van der Waals surface area contributed by atoms with Crippen molar-refractivity contribution in [2.24, 2.45) is 7.05 Å². The SMILES string of the molecule is Cc1ccccc1NC(=O)CCc1c(C)n(C)c2cc(-c3ccccc3C)nn2c1=O. The summed E-state index contributed by atoms with van der Waals surface area (Å²) >= 11 is 0. The molecule has 0 atom stereocenters. The maximum atomic E-state index is 13.2. The number of fused-ring (bicyclic) bond motifs is 1. The van der Waals surface area contributed by atoms with Crippen LogP contribution in [0.1, 0.15) is 28.8 Å². The number of aromatic nitrogens is 3. The Hall–Kier alpha value is -3.67. The van der Waals surface area contributed by atoms with Gasteiger partial charge in [-0.3, -0.25) is 9.59 Å². The highest BCUT2D eigenvalue weighted by Crippen LogP contribution is 2.23. The monoisotopic (exact) mass is 414 g/mol. The Morgan fingerprint density at radius 3 is 2.39 bits per heavy atom. The fourth-order valence-electron chi connectivity index (χ4n) is 3.86. The van der Waals surface area contributed by atoms with Crippen LogP contribution in [-0.4, -0.2) is 20.1 Å². The van der Waals surface area contributed by atoms with Crippen molar-refractivity contribution >= 4 is 17.2 Å². The van der Waals surface area contributed by atoms with Crippen LogP contribution in [0.4, 0.5) is 5.69 Å². The summed E-state index contributed by atoms with van der Waals surface area (Å²) in [5, 5.41) is 7.53. The van der Waals surface area contributed by atoms with Gasteiger partial charge in [-0.1, -0.05) is 42.5 Å². The number of anilines is 1. The lowest BCUT2D eigenvalue weighted by molar-refractivity contribution is -0.116. The molecule has 0 saturated heterocycles. The minimum absolute atomic E-state index is 0.114. The van der Waals surface area contributed by atoms with Crippen molar-refractivity contribution in [3.8, 4) is 11.3 Å². The lowest BCUT2D eigenvalue weighted by atomic mass is 10.1. The van der Waals surface area contributed by atoms with Gasteiger partial charge in [0.1, 0.15) is 5.65 Å². The van der Waals surface area contributed by atoms with E-state index in [0.717, 1.165) is 39.4 Å². The van der Waals surface area contributed by atoms with Crippen LogP contribution in [0.5, 0.6) is 0 Å². The summed E-state index contributed by atoms with van der Waals surface area (Å²) in [5.74, 6) is -0.114. The molecule has 0 unspecified atom stereocenters. The number of carbonyl (C=O) groups is 1. The van der Waals surface area contributed by atoms with E-state index in [4.69, 9.17) is 0 Å². The lowest BCUT2D eigenvalue weighted by Gasteiger charge is -2.12. The summed E-state index contributed by atoms with van der Waals surface area (Å²) < 4.78 is 3.41. The molecule has 2 aromatic carbocycles. The molecule has 2 aromatic heterocycles. The molecule has 158 valence electrons. The maximum Gasteiger partial charge on any atom is 0.277 e. The first kappa shape index (κ1) is 20.6. The third kappa shape index (κ3) is 3.89. The van der Waals surface area contributed by atoms with Gasteiger partial charge < -0.3 is 9.88 Å². The maximum absolute atomic E-state index is 13.2. The average Bonchev–Trinajstić information content (AvgIpc) is 3.20. The largest absolute Gasteiger partial charge is 0.333 e. The van der Waals surface area contributed by atoms with Gasteiger partial charge in [-0.25, -0.2) is 0 Å². The first-order valence-corrected chi connectivity index (χ1v) is 10.4. The number of aryl methyl sites for hydroxylation is 3. The van der Waals surface area contributed by atoms with Crippen LogP contribution in [0.15, 0.2) is 59.4 Å². The normalized spacial score (nSPS) is 11.1. The molecule has 0 bridgehead atoms. The summed E-state index contributed by atoms with van der Waals surface area (Å²) in [6.45, 7) is 5.89. The second kappa shape index (κ2) is 8.22. The Labute approximate surface area is 181 Å².